The first-order valence-electron chi connectivity index (χ1n) is 9.62. The van der Waals surface area contributed by atoms with E-state index in [4.69, 9.17) is 0 Å². The molecule has 6 nitrogen and oxygen atoms in total. The van der Waals surface area contributed by atoms with E-state index in [1.54, 1.807) is 13.8 Å². The van der Waals surface area contributed by atoms with Gasteiger partial charge in [-0.1, -0.05) is 13.8 Å². The van der Waals surface area contributed by atoms with E-state index in [1.165, 1.54) is 28.6 Å². The van der Waals surface area contributed by atoms with Gasteiger partial charge in [0.25, 0.3) is 0 Å². The highest BCUT2D eigenvalue weighted by atomic mass is 32.2. The second-order valence-corrected chi connectivity index (χ2v) is 8.75. The van der Waals surface area contributed by atoms with Crippen LogP contribution in [0.1, 0.15) is 25.0 Å². The van der Waals surface area contributed by atoms with Gasteiger partial charge in [0.15, 0.2) is 0 Å². The van der Waals surface area contributed by atoms with Crippen LogP contribution in [0, 0.1) is 0 Å². The molecule has 1 amide bonds. The molecule has 0 fully saturated rings. The quantitative estimate of drug-likeness (QED) is 0.514. The smallest absolute Gasteiger partial charge is 0.376 e. The third-order valence-corrected chi connectivity index (χ3v) is 6.59. The Morgan fingerprint density at radius 1 is 0.848 bits per heavy atom. The zero-order chi connectivity index (χ0) is 25.0. The van der Waals surface area contributed by atoms with Crippen LogP contribution in [-0.4, -0.2) is 38.3 Å². The number of amides is 1. The van der Waals surface area contributed by atoms with Crippen molar-refractivity contribution >= 4 is 27.3 Å². The van der Waals surface area contributed by atoms with Crippen LogP contribution >= 0.6 is 0 Å². The Kier molecular flexibility index (Phi) is 8.01. The molecule has 2 N–H and O–H groups in total. The second-order valence-electron chi connectivity index (χ2n) is 6.81. The molecule has 0 spiro atoms. The number of carbonyl (C=O) groups is 1. The first-order valence-corrected chi connectivity index (χ1v) is 11.1. The number of anilines is 2. The Bertz CT molecular complexity index is 1050. The van der Waals surface area contributed by atoms with Gasteiger partial charge in [0.05, 0.1) is 22.6 Å². The number of halogens is 6. The lowest BCUT2D eigenvalue weighted by atomic mass is 10.1. The second kappa shape index (κ2) is 10.00. The minimum absolute atomic E-state index is 0.00553. The van der Waals surface area contributed by atoms with Gasteiger partial charge in [-0.15, -0.1) is 0 Å². The minimum Gasteiger partial charge on any atom is -0.376 e. The van der Waals surface area contributed by atoms with Gasteiger partial charge >= 0.3 is 12.4 Å². The third-order valence-electron chi connectivity index (χ3n) is 4.52. The van der Waals surface area contributed by atoms with Crippen LogP contribution in [0.15, 0.2) is 47.4 Å². The molecule has 0 saturated carbocycles. The van der Waals surface area contributed by atoms with E-state index in [2.05, 4.69) is 10.6 Å². The fraction of sp³-hybridized carbons (Fsp3) is 0.350. The minimum atomic E-state index is -5.01. The summed E-state index contributed by atoms with van der Waals surface area (Å²) in [5.41, 5.74) is -3.36. The van der Waals surface area contributed by atoms with E-state index >= 15 is 0 Å². The number of alkyl halides is 6. The summed E-state index contributed by atoms with van der Waals surface area (Å²) in [6, 6.07) is 6.11. The van der Waals surface area contributed by atoms with Crippen molar-refractivity contribution < 1.29 is 39.6 Å². The molecule has 0 bridgehead atoms. The van der Waals surface area contributed by atoms with Crippen molar-refractivity contribution in [2.45, 2.75) is 31.1 Å². The monoisotopic (exact) mass is 497 g/mol. The fourth-order valence-electron chi connectivity index (χ4n) is 2.87. The lowest BCUT2D eigenvalue weighted by Crippen LogP contribution is -2.30. The SMILES string of the molecule is CCN(CC)S(=O)(=O)c1ccc(NC(=O)CNc2cc(C(F)(F)F)cc(C(F)(F)F)c2)cc1. The number of nitrogens with one attached hydrogen (secondary N) is 2. The van der Waals surface area contributed by atoms with Crippen molar-refractivity contribution in [1.29, 1.82) is 0 Å². The maximum absolute atomic E-state index is 12.9. The Hall–Kier alpha value is -2.80. The molecule has 2 rings (SSSR count). The predicted molar refractivity (Wildman–Crippen MR) is 110 cm³/mol. The van der Waals surface area contributed by atoms with E-state index < -0.39 is 51.6 Å². The summed E-state index contributed by atoms with van der Waals surface area (Å²) in [4.78, 5) is 12.1. The molecule has 0 aromatic heterocycles. The first-order chi connectivity index (χ1) is 15.2. The lowest BCUT2D eigenvalue weighted by molar-refractivity contribution is -0.143. The Labute approximate surface area is 186 Å². The highest BCUT2D eigenvalue weighted by molar-refractivity contribution is 7.89. The average molecular weight is 497 g/mol. The maximum Gasteiger partial charge on any atom is 0.416 e. The standard InChI is InChI=1S/C20H21F6N3O3S/c1-3-29(4-2)33(31,32)17-7-5-15(6-8-17)28-18(30)12-27-16-10-13(19(21,22)23)9-14(11-16)20(24,25)26/h5-11,27H,3-4,12H2,1-2H3,(H,28,30). The van der Waals surface area contributed by atoms with Gasteiger partial charge in [-0.2, -0.15) is 30.6 Å². The van der Waals surface area contributed by atoms with Crippen LogP contribution in [0.25, 0.3) is 0 Å². The van der Waals surface area contributed by atoms with Gasteiger partial charge in [-0.25, -0.2) is 8.42 Å². The van der Waals surface area contributed by atoms with E-state index in [1.807, 2.05) is 0 Å². The van der Waals surface area contributed by atoms with Gasteiger partial charge in [0, 0.05) is 24.5 Å². The molecule has 0 heterocycles. The molecule has 0 atom stereocenters. The lowest BCUT2D eigenvalue weighted by Gasteiger charge is -2.18. The van der Waals surface area contributed by atoms with Crippen LogP contribution in [0.4, 0.5) is 37.7 Å². The van der Waals surface area contributed by atoms with Crippen molar-refractivity contribution in [2.24, 2.45) is 0 Å². The summed E-state index contributed by atoms with van der Waals surface area (Å²) in [7, 11) is -3.70. The molecular weight excluding hydrogens is 476 g/mol. The first kappa shape index (κ1) is 26.5. The summed E-state index contributed by atoms with van der Waals surface area (Å²) in [6.07, 6.45) is -10.0. The van der Waals surface area contributed by atoms with Crippen LogP contribution in [0.5, 0.6) is 0 Å². The molecule has 13 heteroatoms. The number of hydrogen-bond donors (Lipinski definition) is 2. The molecule has 182 valence electrons. The van der Waals surface area contributed by atoms with Crippen molar-refractivity contribution in [3.63, 3.8) is 0 Å². The van der Waals surface area contributed by atoms with Gasteiger partial charge in [0.1, 0.15) is 0 Å². The Morgan fingerprint density at radius 2 is 1.33 bits per heavy atom. The topological polar surface area (TPSA) is 78.5 Å². The molecular formula is C20H21F6N3O3S. The molecule has 2 aromatic carbocycles. The number of hydrogen-bond acceptors (Lipinski definition) is 4. The molecule has 2 aromatic rings. The van der Waals surface area contributed by atoms with E-state index in [0.29, 0.717) is 12.1 Å². The number of benzene rings is 2. The van der Waals surface area contributed by atoms with Crippen LogP contribution in [0.3, 0.4) is 0 Å². The van der Waals surface area contributed by atoms with Crippen LogP contribution in [0.2, 0.25) is 0 Å². The number of nitrogens with zero attached hydrogens (tertiary/aromatic N) is 1. The summed E-state index contributed by atoms with van der Waals surface area (Å²) < 4.78 is 104. The summed E-state index contributed by atoms with van der Waals surface area (Å²) >= 11 is 0. The molecule has 0 saturated heterocycles. The van der Waals surface area contributed by atoms with Crippen molar-refractivity contribution in [2.75, 3.05) is 30.3 Å². The number of carbonyl (C=O) groups excluding carboxylic acids is 1. The predicted octanol–water partition coefficient (Wildman–Crippen LogP) is 4.81. The summed E-state index contributed by atoms with van der Waals surface area (Å²) in [6.45, 7) is 3.29. The number of sulfonamides is 1. The van der Waals surface area contributed by atoms with Crippen molar-refractivity contribution in [3.8, 4) is 0 Å². The molecule has 0 aliphatic rings. The molecule has 33 heavy (non-hydrogen) atoms. The van der Waals surface area contributed by atoms with E-state index in [9.17, 15) is 39.6 Å². The summed E-state index contributed by atoms with van der Waals surface area (Å²) in [5.74, 6) is -0.764. The normalized spacial score (nSPS) is 12.6. The van der Waals surface area contributed by atoms with Gasteiger partial charge in [-0.3, -0.25) is 4.79 Å². The maximum atomic E-state index is 12.9. The zero-order valence-corrected chi connectivity index (χ0v) is 18.3. The van der Waals surface area contributed by atoms with Gasteiger partial charge in [0.2, 0.25) is 15.9 Å². The molecule has 0 radical (unpaired) electrons. The van der Waals surface area contributed by atoms with Gasteiger partial charge in [-0.05, 0) is 42.5 Å². The van der Waals surface area contributed by atoms with Crippen LogP contribution < -0.4 is 10.6 Å². The number of rotatable bonds is 8. The molecule has 0 aliphatic heterocycles. The molecule has 0 aliphatic carbocycles. The highest BCUT2D eigenvalue weighted by Gasteiger charge is 2.37. The fourth-order valence-corrected chi connectivity index (χ4v) is 4.33. The van der Waals surface area contributed by atoms with Crippen LogP contribution in [-0.2, 0) is 27.2 Å². The largest absolute Gasteiger partial charge is 0.416 e. The zero-order valence-electron chi connectivity index (χ0n) is 17.5. The highest BCUT2D eigenvalue weighted by Crippen LogP contribution is 2.37. The Morgan fingerprint density at radius 3 is 1.76 bits per heavy atom. The van der Waals surface area contributed by atoms with Crippen molar-refractivity contribution in [3.05, 3.63) is 53.6 Å². The van der Waals surface area contributed by atoms with E-state index in [0.717, 1.165) is 0 Å². The average Bonchev–Trinajstić information content (AvgIpc) is 2.72. The molecule has 0 unspecified atom stereocenters. The third kappa shape index (κ3) is 6.84. The van der Waals surface area contributed by atoms with Crippen molar-refractivity contribution in [1.82, 2.24) is 4.31 Å². The van der Waals surface area contributed by atoms with E-state index in [-0.39, 0.29) is 29.7 Å². The van der Waals surface area contributed by atoms with Gasteiger partial charge < -0.3 is 10.6 Å². The Balaban J connectivity index is 2.10. The summed E-state index contributed by atoms with van der Waals surface area (Å²) in [5, 5.41) is 4.62.